The molecular formula is C18H23N5O. The maximum absolute atomic E-state index is 13.1. The summed E-state index contributed by atoms with van der Waals surface area (Å²) in [7, 11) is 0. The van der Waals surface area contributed by atoms with Crippen molar-refractivity contribution in [1.82, 2.24) is 20.5 Å². The fourth-order valence-corrected chi connectivity index (χ4v) is 3.43. The number of fused-ring (bicyclic) bond motifs is 1. The Morgan fingerprint density at radius 1 is 0.958 bits per heavy atom. The zero-order valence-electron chi connectivity index (χ0n) is 13.8. The molecule has 1 amide bonds. The van der Waals surface area contributed by atoms with Crippen LogP contribution >= 0.6 is 0 Å². The first-order valence-electron chi connectivity index (χ1n) is 8.68. The molecule has 6 heteroatoms. The molecular weight excluding hydrogens is 302 g/mol. The van der Waals surface area contributed by atoms with Crippen molar-refractivity contribution in [3.63, 3.8) is 0 Å². The summed E-state index contributed by atoms with van der Waals surface area (Å²) in [5.41, 5.74) is 1.67. The minimum Gasteiger partial charge on any atom is -0.354 e. The van der Waals surface area contributed by atoms with Crippen molar-refractivity contribution in [2.24, 2.45) is 0 Å². The van der Waals surface area contributed by atoms with Crippen molar-refractivity contribution < 1.29 is 4.79 Å². The van der Waals surface area contributed by atoms with Crippen molar-refractivity contribution in [3.8, 4) is 0 Å². The number of hydrogen-bond acceptors (Lipinski definition) is 5. The van der Waals surface area contributed by atoms with Gasteiger partial charge in [-0.3, -0.25) is 4.79 Å². The lowest BCUT2D eigenvalue weighted by Gasteiger charge is -2.30. The number of nitrogens with zero attached hydrogens (tertiary/aromatic N) is 3. The molecule has 0 unspecified atom stereocenters. The average molecular weight is 325 g/mol. The summed E-state index contributed by atoms with van der Waals surface area (Å²) in [5, 5.41) is 7.60. The molecule has 2 saturated heterocycles. The van der Waals surface area contributed by atoms with E-state index < -0.39 is 0 Å². The quantitative estimate of drug-likeness (QED) is 0.851. The highest BCUT2D eigenvalue weighted by atomic mass is 16.2. The molecule has 6 nitrogen and oxygen atoms in total. The maximum Gasteiger partial charge on any atom is 0.254 e. The first-order valence-corrected chi connectivity index (χ1v) is 8.68. The highest BCUT2D eigenvalue weighted by molar-refractivity contribution is 6.07. The summed E-state index contributed by atoms with van der Waals surface area (Å²) in [6.45, 7) is 7.00. The van der Waals surface area contributed by atoms with E-state index in [1.165, 1.54) is 0 Å². The number of aromatic nitrogens is 1. The van der Waals surface area contributed by atoms with E-state index in [2.05, 4.69) is 15.5 Å². The molecule has 2 aliphatic rings. The second kappa shape index (κ2) is 6.75. The minimum atomic E-state index is 0.117. The van der Waals surface area contributed by atoms with Gasteiger partial charge in [0.1, 0.15) is 5.82 Å². The number of benzene rings is 1. The number of para-hydroxylation sites is 1. The molecule has 0 bridgehead atoms. The molecule has 4 rings (SSSR count). The Kier molecular flexibility index (Phi) is 4.32. The molecule has 0 radical (unpaired) electrons. The van der Waals surface area contributed by atoms with Gasteiger partial charge in [0, 0.05) is 57.7 Å². The number of amides is 1. The van der Waals surface area contributed by atoms with E-state index in [1.54, 1.807) is 0 Å². The summed E-state index contributed by atoms with van der Waals surface area (Å²) in [5.74, 6) is 1.03. The van der Waals surface area contributed by atoms with Gasteiger partial charge in [-0.15, -0.1) is 0 Å². The Morgan fingerprint density at radius 3 is 2.38 bits per heavy atom. The Hall–Kier alpha value is -2.18. The number of anilines is 1. The molecule has 0 aliphatic carbocycles. The fourth-order valence-electron chi connectivity index (χ4n) is 3.43. The number of rotatable bonds is 2. The predicted octanol–water partition coefficient (Wildman–Crippen LogP) is 0.690. The van der Waals surface area contributed by atoms with Crippen LogP contribution in [0, 0.1) is 0 Å². The Balaban J connectivity index is 1.75. The van der Waals surface area contributed by atoms with Crippen LogP contribution in [0.15, 0.2) is 30.3 Å². The van der Waals surface area contributed by atoms with E-state index in [9.17, 15) is 4.79 Å². The lowest BCUT2D eigenvalue weighted by molar-refractivity contribution is 0.0738. The van der Waals surface area contributed by atoms with Gasteiger partial charge in [-0.05, 0) is 12.1 Å². The number of piperazine rings is 2. The normalized spacial score (nSPS) is 18.8. The minimum absolute atomic E-state index is 0.117. The molecule has 24 heavy (non-hydrogen) atoms. The molecule has 1 aromatic heterocycles. The predicted molar refractivity (Wildman–Crippen MR) is 95.6 cm³/mol. The Morgan fingerprint density at radius 2 is 1.62 bits per heavy atom. The lowest BCUT2D eigenvalue weighted by atomic mass is 10.1. The van der Waals surface area contributed by atoms with Crippen molar-refractivity contribution >= 4 is 22.6 Å². The molecule has 0 spiro atoms. The van der Waals surface area contributed by atoms with Crippen LogP contribution in [-0.4, -0.2) is 68.1 Å². The second-order valence-corrected chi connectivity index (χ2v) is 6.32. The van der Waals surface area contributed by atoms with Gasteiger partial charge < -0.3 is 20.4 Å². The van der Waals surface area contributed by atoms with Gasteiger partial charge in [-0.25, -0.2) is 4.98 Å². The van der Waals surface area contributed by atoms with E-state index >= 15 is 0 Å². The largest absolute Gasteiger partial charge is 0.354 e. The number of carbonyl (C=O) groups is 1. The van der Waals surface area contributed by atoms with Crippen LogP contribution in [-0.2, 0) is 0 Å². The van der Waals surface area contributed by atoms with E-state index in [-0.39, 0.29) is 5.91 Å². The van der Waals surface area contributed by atoms with Gasteiger partial charge in [0.2, 0.25) is 0 Å². The fraction of sp³-hybridized carbons (Fsp3) is 0.444. The SMILES string of the molecule is O=C(c1cc(N2CCNCC2)nc2ccccc12)N1CCNCC1. The van der Waals surface area contributed by atoms with E-state index in [4.69, 9.17) is 4.98 Å². The number of pyridine rings is 1. The molecule has 0 atom stereocenters. The number of carbonyl (C=O) groups excluding carboxylic acids is 1. The van der Waals surface area contributed by atoms with Crippen LogP contribution in [0.2, 0.25) is 0 Å². The Labute approximate surface area is 141 Å². The summed E-state index contributed by atoms with van der Waals surface area (Å²) in [6, 6.07) is 9.94. The Bertz CT molecular complexity index is 735. The highest BCUT2D eigenvalue weighted by Gasteiger charge is 2.22. The summed E-state index contributed by atoms with van der Waals surface area (Å²) in [4.78, 5) is 22.1. The van der Waals surface area contributed by atoms with Crippen molar-refractivity contribution in [1.29, 1.82) is 0 Å². The van der Waals surface area contributed by atoms with Crippen LogP contribution in [0.25, 0.3) is 10.9 Å². The molecule has 126 valence electrons. The van der Waals surface area contributed by atoms with Crippen molar-refractivity contribution in [2.45, 2.75) is 0 Å². The third-order valence-corrected chi connectivity index (χ3v) is 4.78. The van der Waals surface area contributed by atoms with Gasteiger partial charge >= 0.3 is 0 Å². The number of nitrogens with one attached hydrogen (secondary N) is 2. The molecule has 1 aromatic carbocycles. The van der Waals surface area contributed by atoms with Gasteiger partial charge in [0.05, 0.1) is 11.1 Å². The maximum atomic E-state index is 13.1. The standard InChI is InChI=1S/C18H23N5O/c24-18(23-11-7-20-8-12-23)15-13-17(22-9-5-19-6-10-22)21-16-4-2-1-3-14(15)16/h1-4,13,19-20H,5-12H2. The van der Waals surface area contributed by atoms with Crippen molar-refractivity contribution in [2.75, 3.05) is 57.3 Å². The smallest absolute Gasteiger partial charge is 0.254 e. The molecule has 2 aliphatic heterocycles. The molecule has 0 saturated carbocycles. The molecule has 3 heterocycles. The van der Waals surface area contributed by atoms with Crippen LogP contribution < -0.4 is 15.5 Å². The lowest BCUT2D eigenvalue weighted by Crippen LogP contribution is -2.46. The van der Waals surface area contributed by atoms with Crippen LogP contribution in [0.3, 0.4) is 0 Å². The van der Waals surface area contributed by atoms with Gasteiger partial charge in [0.25, 0.3) is 5.91 Å². The summed E-state index contributed by atoms with van der Waals surface area (Å²) >= 11 is 0. The number of hydrogen-bond donors (Lipinski definition) is 2. The van der Waals surface area contributed by atoms with Gasteiger partial charge in [-0.2, -0.15) is 0 Å². The summed E-state index contributed by atoms with van der Waals surface area (Å²) in [6.07, 6.45) is 0. The second-order valence-electron chi connectivity index (χ2n) is 6.32. The zero-order chi connectivity index (χ0) is 16.4. The molecule has 2 N–H and O–H groups in total. The van der Waals surface area contributed by atoms with Crippen LogP contribution in [0.1, 0.15) is 10.4 Å². The average Bonchev–Trinajstić information content (AvgIpc) is 2.68. The van der Waals surface area contributed by atoms with Crippen LogP contribution in [0.4, 0.5) is 5.82 Å². The topological polar surface area (TPSA) is 60.5 Å². The van der Waals surface area contributed by atoms with Crippen LogP contribution in [0.5, 0.6) is 0 Å². The zero-order valence-corrected chi connectivity index (χ0v) is 13.8. The van der Waals surface area contributed by atoms with E-state index in [1.807, 2.05) is 35.2 Å². The molecule has 2 fully saturated rings. The van der Waals surface area contributed by atoms with E-state index in [0.29, 0.717) is 0 Å². The first kappa shape index (κ1) is 15.4. The van der Waals surface area contributed by atoms with Gasteiger partial charge in [0.15, 0.2) is 0 Å². The molecule has 2 aromatic rings. The monoisotopic (exact) mass is 325 g/mol. The summed E-state index contributed by atoms with van der Waals surface area (Å²) < 4.78 is 0. The highest BCUT2D eigenvalue weighted by Crippen LogP contribution is 2.24. The third-order valence-electron chi connectivity index (χ3n) is 4.78. The van der Waals surface area contributed by atoms with Gasteiger partial charge in [-0.1, -0.05) is 18.2 Å². The van der Waals surface area contributed by atoms with Crippen molar-refractivity contribution in [3.05, 3.63) is 35.9 Å². The van der Waals surface area contributed by atoms with E-state index in [0.717, 1.165) is 74.6 Å². The first-order chi connectivity index (χ1) is 11.8. The third kappa shape index (κ3) is 2.95.